The monoisotopic (exact) mass is 535 g/mol. The Balaban J connectivity index is 1.23. The first-order chi connectivity index (χ1) is 17.2. The largest absolute Gasteiger partial charge is 0.351 e. The lowest BCUT2D eigenvalue weighted by atomic mass is 9.99. The summed E-state index contributed by atoms with van der Waals surface area (Å²) < 4.78 is 2.89. The summed E-state index contributed by atoms with van der Waals surface area (Å²) >= 11 is 3.60. The van der Waals surface area contributed by atoms with E-state index in [0.717, 1.165) is 67.5 Å². The zero-order valence-corrected chi connectivity index (χ0v) is 22.0. The van der Waals surface area contributed by atoms with Gasteiger partial charge in [0, 0.05) is 24.1 Å². The van der Waals surface area contributed by atoms with Crippen molar-refractivity contribution in [2.75, 3.05) is 26.2 Å². The van der Waals surface area contributed by atoms with Crippen LogP contribution in [0.15, 0.2) is 65.1 Å². The van der Waals surface area contributed by atoms with Crippen molar-refractivity contribution in [3.8, 4) is 0 Å². The highest BCUT2D eigenvalue weighted by atomic mass is 79.9. The van der Waals surface area contributed by atoms with Gasteiger partial charge >= 0.3 is 0 Å². The number of carbonyl (C=O) groups is 1. The maximum Gasteiger partial charge on any atom is 0.273 e. The van der Waals surface area contributed by atoms with E-state index in [9.17, 15) is 4.79 Å². The molecular formula is C28H34BrN5O. The van der Waals surface area contributed by atoms with Gasteiger partial charge in [-0.3, -0.25) is 9.69 Å². The SMILES string of the molecule is CCCc1c(C(=O)NCCCCN2CC=C(c3ccccc3)CC2)nnn1Cc1ccccc1Br. The van der Waals surface area contributed by atoms with Crippen LogP contribution in [0.25, 0.3) is 5.57 Å². The standard InChI is InChI=1S/C28H34BrN5O/c1-2-10-26-27(31-32-34(26)21-24-13-6-7-14-25(24)29)28(35)30-17-8-9-18-33-19-15-23(16-20-33)22-11-4-3-5-12-22/h3-7,11-15H,2,8-10,16-21H2,1H3,(H,30,35). The molecule has 0 atom stereocenters. The Hall–Kier alpha value is -2.77. The predicted molar refractivity (Wildman–Crippen MR) is 144 cm³/mol. The van der Waals surface area contributed by atoms with Crippen molar-refractivity contribution in [1.29, 1.82) is 0 Å². The highest BCUT2D eigenvalue weighted by molar-refractivity contribution is 9.10. The lowest BCUT2D eigenvalue weighted by Crippen LogP contribution is -2.30. The smallest absolute Gasteiger partial charge is 0.273 e. The summed E-state index contributed by atoms with van der Waals surface area (Å²) in [6.45, 7) is 6.49. The summed E-state index contributed by atoms with van der Waals surface area (Å²) in [5.74, 6) is -0.125. The minimum absolute atomic E-state index is 0.125. The summed E-state index contributed by atoms with van der Waals surface area (Å²) in [4.78, 5) is 15.3. The number of aromatic nitrogens is 3. The lowest BCUT2D eigenvalue weighted by Gasteiger charge is -2.26. The van der Waals surface area contributed by atoms with Crippen molar-refractivity contribution in [3.05, 3.63) is 87.7 Å². The number of benzene rings is 2. The van der Waals surface area contributed by atoms with Gasteiger partial charge in [0.05, 0.1) is 12.2 Å². The third-order valence-electron chi connectivity index (χ3n) is 6.44. The summed E-state index contributed by atoms with van der Waals surface area (Å²) in [6.07, 6.45) is 7.16. The number of hydrogen-bond acceptors (Lipinski definition) is 4. The Morgan fingerprint density at radius 3 is 2.63 bits per heavy atom. The molecule has 2 aromatic carbocycles. The van der Waals surface area contributed by atoms with E-state index in [0.29, 0.717) is 18.8 Å². The molecule has 184 valence electrons. The van der Waals surface area contributed by atoms with Gasteiger partial charge in [0.15, 0.2) is 5.69 Å². The molecular weight excluding hydrogens is 502 g/mol. The van der Waals surface area contributed by atoms with E-state index >= 15 is 0 Å². The second-order valence-electron chi connectivity index (χ2n) is 8.99. The average molecular weight is 537 g/mol. The molecule has 4 rings (SSSR count). The van der Waals surface area contributed by atoms with Crippen LogP contribution < -0.4 is 5.32 Å². The first kappa shape index (κ1) is 25.3. The van der Waals surface area contributed by atoms with E-state index in [1.807, 2.05) is 22.9 Å². The first-order valence-corrected chi connectivity index (χ1v) is 13.4. The van der Waals surface area contributed by atoms with E-state index in [1.165, 1.54) is 11.1 Å². The van der Waals surface area contributed by atoms with E-state index in [4.69, 9.17) is 0 Å². The number of halogens is 1. The Bertz CT molecular complexity index is 1140. The molecule has 1 amide bonds. The molecule has 0 aliphatic carbocycles. The maximum absolute atomic E-state index is 12.9. The Morgan fingerprint density at radius 1 is 1.09 bits per heavy atom. The average Bonchev–Trinajstić information content (AvgIpc) is 3.28. The summed E-state index contributed by atoms with van der Waals surface area (Å²) in [6, 6.07) is 18.7. The number of amides is 1. The van der Waals surface area contributed by atoms with Crippen molar-refractivity contribution in [2.24, 2.45) is 0 Å². The van der Waals surface area contributed by atoms with E-state index in [2.05, 4.69) is 85.9 Å². The summed E-state index contributed by atoms with van der Waals surface area (Å²) in [5, 5.41) is 11.6. The number of carbonyl (C=O) groups excluding carboxylic acids is 1. The number of rotatable bonds is 11. The van der Waals surface area contributed by atoms with Gasteiger partial charge in [0.1, 0.15) is 0 Å². The van der Waals surface area contributed by atoms with Crippen LogP contribution in [0.1, 0.15) is 59.9 Å². The van der Waals surface area contributed by atoms with Crippen molar-refractivity contribution >= 4 is 27.4 Å². The molecule has 1 aliphatic rings. The molecule has 2 heterocycles. The van der Waals surface area contributed by atoms with Crippen molar-refractivity contribution in [3.63, 3.8) is 0 Å². The summed E-state index contributed by atoms with van der Waals surface area (Å²) in [7, 11) is 0. The highest BCUT2D eigenvalue weighted by Crippen LogP contribution is 2.22. The fourth-order valence-corrected chi connectivity index (χ4v) is 4.89. The molecule has 1 aliphatic heterocycles. The Kier molecular flexibility index (Phi) is 9.26. The van der Waals surface area contributed by atoms with Crippen LogP contribution in [0, 0.1) is 0 Å². The topological polar surface area (TPSA) is 63.1 Å². The van der Waals surface area contributed by atoms with Crippen LogP contribution in [0.2, 0.25) is 0 Å². The van der Waals surface area contributed by atoms with E-state index in [-0.39, 0.29) is 5.91 Å². The van der Waals surface area contributed by atoms with E-state index in [1.54, 1.807) is 0 Å². The molecule has 6 nitrogen and oxygen atoms in total. The molecule has 3 aromatic rings. The highest BCUT2D eigenvalue weighted by Gasteiger charge is 2.19. The molecule has 1 N–H and O–H groups in total. The number of nitrogens with zero attached hydrogens (tertiary/aromatic N) is 4. The molecule has 0 spiro atoms. The molecule has 0 saturated heterocycles. The molecule has 35 heavy (non-hydrogen) atoms. The summed E-state index contributed by atoms with van der Waals surface area (Å²) in [5.41, 5.74) is 5.25. The van der Waals surface area contributed by atoms with Gasteiger partial charge in [0.2, 0.25) is 0 Å². The molecule has 1 aromatic heterocycles. The fourth-order valence-electron chi connectivity index (χ4n) is 4.48. The van der Waals surface area contributed by atoms with E-state index < -0.39 is 0 Å². The minimum Gasteiger partial charge on any atom is -0.351 e. The molecule has 0 radical (unpaired) electrons. The fraction of sp³-hybridized carbons (Fsp3) is 0.393. The Morgan fingerprint density at radius 2 is 1.89 bits per heavy atom. The second-order valence-corrected chi connectivity index (χ2v) is 9.85. The van der Waals surface area contributed by atoms with Crippen LogP contribution in [-0.4, -0.2) is 52.0 Å². The molecule has 0 bridgehead atoms. The predicted octanol–water partition coefficient (Wildman–Crippen LogP) is 5.34. The number of nitrogens with one attached hydrogen (secondary N) is 1. The van der Waals surface area contributed by atoms with Crippen molar-refractivity contribution in [2.45, 2.75) is 45.6 Å². The molecule has 0 saturated carbocycles. The van der Waals surface area contributed by atoms with Crippen LogP contribution in [-0.2, 0) is 13.0 Å². The maximum atomic E-state index is 12.9. The zero-order chi connectivity index (χ0) is 24.5. The van der Waals surface area contributed by atoms with Crippen molar-refractivity contribution < 1.29 is 4.79 Å². The van der Waals surface area contributed by atoms with Gasteiger partial charge < -0.3 is 5.32 Å². The normalized spacial score (nSPS) is 14.1. The number of hydrogen-bond donors (Lipinski definition) is 1. The molecule has 0 unspecified atom stereocenters. The van der Waals surface area contributed by atoms with Gasteiger partial charge in [0.25, 0.3) is 5.91 Å². The van der Waals surface area contributed by atoms with Gasteiger partial charge in [-0.2, -0.15) is 0 Å². The quantitative estimate of drug-likeness (QED) is 0.336. The van der Waals surface area contributed by atoms with Crippen LogP contribution in [0.3, 0.4) is 0 Å². The third-order valence-corrected chi connectivity index (χ3v) is 7.22. The number of unbranched alkanes of at least 4 members (excludes halogenated alkanes) is 1. The van der Waals surface area contributed by atoms with Gasteiger partial charge in [-0.05, 0) is 55.0 Å². The molecule has 7 heteroatoms. The first-order valence-electron chi connectivity index (χ1n) is 12.6. The minimum atomic E-state index is -0.125. The Labute approximate surface area is 216 Å². The van der Waals surface area contributed by atoms with Crippen molar-refractivity contribution in [1.82, 2.24) is 25.2 Å². The second kappa shape index (κ2) is 12.8. The lowest BCUT2D eigenvalue weighted by molar-refractivity contribution is 0.0946. The van der Waals surface area contributed by atoms with Gasteiger partial charge in [-0.1, -0.05) is 89.1 Å². The zero-order valence-electron chi connectivity index (χ0n) is 20.4. The van der Waals surface area contributed by atoms with Crippen LogP contribution in [0.5, 0.6) is 0 Å². The van der Waals surface area contributed by atoms with Crippen LogP contribution in [0.4, 0.5) is 0 Å². The van der Waals surface area contributed by atoms with Gasteiger partial charge in [-0.15, -0.1) is 5.10 Å². The van der Waals surface area contributed by atoms with Crippen LogP contribution >= 0.6 is 15.9 Å². The van der Waals surface area contributed by atoms with Gasteiger partial charge in [-0.25, -0.2) is 4.68 Å². The molecule has 0 fully saturated rings. The third kappa shape index (κ3) is 6.89.